The van der Waals surface area contributed by atoms with E-state index in [2.05, 4.69) is 41.0 Å². The Balaban J connectivity index is 0.00000280. The molecule has 0 bridgehead atoms. The molecule has 3 rings (SSSR count). The molecule has 3 heterocycles. The average Bonchev–Trinajstić information content (AvgIpc) is 3.12. The molecule has 2 atom stereocenters. The van der Waals surface area contributed by atoms with E-state index in [9.17, 15) is 0 Å². The largest absolute Gasteiger partial charge is 0.370 e. The molecule has 1 aromatic rings. The summed E-state index contributed by atoms with van der Waals surface area (Å²) >= 11 is 0. The Morgan fingerprint density at radius 1 is 1.36 bits per heavy atom. The van der Waals surface area contributed by atoms with Crippen molar-refractivity contribution < 1.29 is 4.74 Å². The van der Waals surface area contributed by atoms with Crippen molar-refractivity contribution in [1.29, 1.82) is 0 Å². The summed E-state index contributed by atoms with van der Waals surface area (Å²) in [5, 5.41) is 7.77. The van der Waals surface area contributed by atoms with Gasteiger partial charge in [0.1, 0.15) is 6.10 Å². The van der Waals surface area contributed by atoms with Gasteiger partial charge in [0, 0.05) is 51.0 Å². The van der Waals surface area contributed by atoms with Gasteiger partial charge in [-0.1, -0.05) is 0 Å². The van der Waals surface area contributed by atoms with Gasteiger partial charge in [0.2, 0.25) is 0 Å². The number of piperidine rings is 1. The van der Waals surface area contributed by atoms with Crippen LogP contribution in [0.1, 0.15) is 45.3 Å². The van der Waals surface area contributed by atoms with Crippen molar-refractivity contribution in [2.45, 2.75) is 45.8 Å². The third-order valence-electron chi connectivity index (χ3n) is 5.58. The lowest BCUT2D eigenvalue weighted by molar-refractivity contribution is -0.00809. The van der Waals surface area contributed by atoms with Gasteiger partial charge in [-0.2, -0.15) is 5.10 Å². The molecule has 0 radical (unpaired) electrons. The van der Waals surface area contributed by atoms with Gasteiger partial charge in [0.15, 0.2) is 5.96 Å². The van der Waals surface area contributed by atoms with Crippen molar-refractivity contribution in [3.63, 3.8) is 0 Å². The van der Waals surface area contributed by atoms with Gasteiger partial charge < -0.3 is 19.9 Å². The fourth-order valence-electron chi connectivity index (χ4n) is 4.01. The number of hydrogen-bond acceptors (Lipinski definition) is 4. The van der Waals surface area contributed by atoms with Gasteiger partial charge in [-0.05, 0) is 46.1 Å². The third-order valence-corrected chi connectivity index (χ3v) is 5.58. The van der Waals surface area contributed by atoms with Crippen LogP contribution < -0.4 is 5.32 Å². The van der Waals surface area contributed by atoms with Gasteiger partial charge in [-0.15, -0.1) is 24.0 Å². The van der Waals surface area contributed by atoms with Crippen LogP contribution in [0.15, 0.2) is 17.4 Å². The summed E-state index contributed by atoms with van der Waals surface area (Å²) in [5.41, 5.74) is 1.14. The molecular weight excluding hydrogens is 467 g/mol. The zero-order valence-electron chi connectivity index (χ0n) is 17.8. The Labute approximate surface area is 186 Å². The average molecular weight is 504 g/mol. The van der Waals surface area contributed by atoms with E-state index in [0.717, 1.165) is 37.7 Å². The van der Waals surface area contributed by atoms with Crippen LogP contribution in [-0.4, -0.2) is 77.5 Å². The van der Waals surface area contributed by atoms with Crippen LogP contribution in [0.25, 0.3) is 0 Å². The molecule has 1 aromatic heterocycles. The molecular formula is C20H37IN6O. The maximum absolute atomic E-state index is 5.99. The summed E-state index contributed by atoms with van der Waals surface area (Å²) < 4.78 is 7.82. The van der Waals surface area contributed by atoms with Crippen LogP contribution in [0.3, 0.4) is 0 Å². The number of aliphatic imine (C=N–C) groups is 1. The van der Waals surface area contributed by atoms with E-state index in [1.165, 1.54) is 25.9 Å². The number of hydrogen-bond donors (Lipinski definition) is 1. The first-order valence-electron chi connectivity index (χ1n) is 10.4. The number of ether oxygens (including phenoxy) is 1. The second kappa shape index (κ2) is 11.3. The van der Waals surface area contributed by atoms with Gasteiger partial charge in [0.05, 0.1) is 19.3 Å². The fourth-order valence-corrected chi connectivity index (χ4v) is 4.01. The first-order valence-corrected chi connectivity index (χ1v) is 10.4. The van der Waals surface area contributed by atoms with Gasteiger partial charge in [0.25, 0.3) is 0 Å². The molecule has 2 aliphatic heterocycles. The molecule has 0 aromatic carbocycles. The lowest BCUT2D eigenvalue weighted by Gasteiger charge is -2.36. The molecule has 2 fully saturated rings. The standard InChI is InChI=1S/C20H36N6O.HI/c1-5-21-20(22-11-17-7-6-8-25(13-17)16(2)3)26-9-10-27-19(15-26)18-12-23-24(4)14-18;/h12,14,16-17,19H,5-11,13,15H2,1-4H3,(H,21,22);1H. The number of nitrogens with one attached hydrogen (secondary N) is 1. The zero-order valence-corrected chi connectivity index (χ0v) is 20.1. The normalized spacial score (nSPS) is 24.3. The first kappa shape index (κ1) is 23.4. The number of guanidine groups is 1. The number of halogens is 1. The summed E-state index contributed by atoms with van der Waals surface area (Å²) in [7, 11) is 1.94. The summed E-state index contributed by atoms with van der Waals surface area (Å²) in [6.07, 6.45) is 6.58. The maximum atomic E-state index is 5.99. The monoisotopic (exact) mass is 504 g/mol. The van der Waals surface area contributed by atoms with E-state index in [1.54, 1.807) is 0 Å². The molecule has 2 unspecified atom stereocenters. The molecule has 7 nitrogen and oxygen atoms in total. The highest BCUT2D eigenvalue weighted by Crippen LogP contribution is 2.22. The Morgan fingerprint density at radius 2 is 2.18 bits per heavy atom. The SMILES string of the molecule is CCNC(=NCC1CCCN(C(C)C)C1)N1CCOC(c2cnn(C)c2)C1.I. The van der Waals surface area contributed by atoms with Crippen molar-refractivity contribution in [2.24, 2.45) is 18.0 Å². The minimum Gasteiger partial charge on any atom is -0.370 e. The van der Waals surface area contributed by atoms with Gasteiger partial charge in [-0.25, -0.2) is 0 Å². The van der Waals surface area contributed by atoms with Crippen LogP contribution in [0.2, 0.25) is 0 Å². The number of aromatic nitrogens is 2. The van der Waals surface area contributed by atoms with E-state index in [4.69, 9.17) is 9.73 Å². The first-order chi connectivity index (χ1) is 13.1. The van der Waals surface area contributed by atoms with Crippen LogP contribution in [0.5, 0.6) is 0 Å². The second-order valence-electron chi connectivity index (χ2n) is 8.04. The molecule has 28 heavy (non-hydrogen) atoms. The second-order valence-corrected chi connectivity index (χ2v) is 8.04. The highest BCUT2D eigenvalue weighted by Gasteiger charge is 2.26. The Bertz CT molecular complexity index is 620. The zero-order chi connectivity index (χ0) is 19.2. The van der Waals surface area contributed by atoms with E-state index in [-0.39, 0.29) is 30.1 Å². The van der Waals surface area contributed by atoms with E-state index in [1.807, 2.05) is 24.1 Å². The predicted molar refractivity (Wildman–Crippen MR) is 124 cm³/mol. The van der Waals surface area contributed by atoms with Gasteiger partial charge >= 0.3 is 0 Å². The van der Waals surface area contributed by atoms with Crippen molar-refractivity contribution in [3.05, 3.63) is 18.0 Å². The number of likely N-dealkylation sites (tertiary alicyclic amines) is 1. The molecule has 2 aliphatic rings. The smallest absolute Gasteiger partial charge is 0.194 e. The minimum atomic E-state index is 0. The quantitative estimate of drug-likeness (QED) is 0.380. The van der Waals surface area contributed by atoms with Crippen molar-refractivity contribution in [1.82, 2.24) is 24.9 Å². The van der Waals surface area contributed by atoms with E-state index < -0.39 is 0 Å². The van der Waals surface area contributed by atoms with Crippen molar-refractivity contribution >= 4 is 29.9 Å². The third kappa shape index (κ3) is 6.32. The molecule has 0 amide bonds. The van der Waals surface area contributed by atoms with Crippen LogP contribution >= 0.6 is 24.0 Å². The van der Waals surface area contributed by atoms with Crippen LogP contribution in [-0.2, 0) is 11.8 Å². The minimum absolute atomic E-state index is 0. The van der Waals surface area contributed by atoms with E-state index >= 15 is 0 Å². The number of morpholine rings is 1. The van der Waals surface area contributed by atoms with E-state index in [0.29, 0.717) is 18.6 Å². The number of nitrogens with zero attached hydrogens (tertiary/aromatic N) is 5. The molecule has 2 saturated heterocycles. The summed E-state index contributed by atoms with van der Waals surface area (Å²) in [6.45, 7) is 13.3. The molecule has 160 valence electrons. The lowest BCUT2D eigenvalue weighted by atomic mass is 9.97. The van der Waals surface area contributed by atoms with Crippen molar-refractivity contribution in [2.75, 3.05) is 45.9 Å². The summed E-state index contributed by atoms with van der Waals surface area (Å²) in [5.74, 6) is 1.68. The molecule has 0 aliphatic carbocycles. The molecule has 8 heteroatoms. The Kier molecular flexibility index (Phi) is 9.49. The number of rotatable bonds is 5. The van der Waals surface area contributed by atoms with Crippen molar-refractivity contribution in [3.8, 4) is 0 Å². The predicted octanol–water partition coefficient (Wildman–Crippen LogP) is 2.50. The number of aryl methyl sites for hydroxylation is 1. The molecule has 0 spiro atoms. The van der Waals surface area contributed by atoms with Crippen LogP contribution in [0, 0.1) is 5.92 Å². The highest BCUT2D eigenvalue weighted by molar-refractivity contribution is 14.0. The van der Waals surface area contributed by atoms with Gasteiger partial charge in [-0.3, -0.25) is 9.67 Å². The summed E-state index contributed by atoms with van der Waals surface area (Å²) in [6, 6.07) is 0.629. The Morgan fingerprint density at radius 3 is 2.86 bits per heavy atom. The Hall–Kier alpha value is -0.870. The fraction of sp³-hybridized carbons (Fsp3) is 0.800. The lowest BCUT2D eigenvalue weighted by Crippen LogP contribution is -2.48. The topological polar surface area (TPSA) is 57.9 Å². The molecule has 1 N–H and O–H groups in total. The van der Waals surface area contributed by atoms with Crippen LogP contribution in [0.4, 0.5) is 0 Å². The highest BCUT2D eigenvalue weighted by atomic mass is 127. The maximum Gasteiger partial charge on any atom is 0.194 e. The summed E-state index contributed by atoms with van der Waals surface area (Å²) in [4.78, 5) is 9.94. The molecule has 0 saturated carbocycles.